The molecule has 0 aliphatic carbocycles. The first-order valence-corrected chi connectivity index (χ1v) is 6.94. The molecule has 0 saturated carbocycles. The summed E-state index contributed by atoms with van der Waals surface area (Å²) in [5, 5.41) is 3.51. The Labute approximate surface area is 118 Å². The molecular formula is C14H13BrN2O2. The number of hydrogen-bond donors (Lipinski definition) is 1. The third-order valence-corrected chi connectivity index (χ3v) is 4.32. The Morgan fingerprint density at radius 3 is 2.84 bits per heavy atom. The Hall–Kier alpha value is -1.62. The van der Waals surface area contributed by atoms with Gasteiger partial charge < -0.3 is 4.57 Å². The number of nitrogens with zero attached hydrogens (tertiary/aromatic N) is 1. The summed E-state index contributed by atoms with van der Waals surface area (Å²) in [5.74, 6) is -0.621. The maximum absolute atomic E-state index is 12.0. The maximum atomic E-state index is 12.0. The van der Waals surface area contributed by atoms with Crippen molar-refractivity contribution in [3.05, 3.63) is 34.4 Å². The van der Waals surface area contributed by atoms with Crippen LogP contribution in [0, 0.1) is 0 Å². The van der Waals surface area contributed by atoms with Crippen LogP contribution in [-0.4, -0.2) is 16.4 Å². The van der Waals surface area contributed by atoms with Crippen molar-refractivity contribution in [2.75, 3.05) is 0 Å². The fraction of sp³-hybridized carbons (Fsp3) is 0.286. The summed E-state index contributed by atoms with van der Waals surface area (Å²) in [6.45, 7) is 0. The molecule has 1 N–H and O–H groups in total. The van der Waals surface area contributed by atoms with E-state index in [0.29, 0.717) is 12.8 Å². The van der Waals surface area contributed by atoms with Crippen LogP contribution < -0.4 is 5.32 Å². The zero-order valence-corrected chi connectivity index (χ0v) is 12.0. The number of fused-ring (bicyclic) bond motifs is 1. The number of halogens is 1. The number of aromatic nitrogens is 1. The number of hydrogen-bond acceptors (Lipinski definition) is 2. The van der Waals surface area contributed by atoms with Gasteiger partial charge in [0, 0.05) is 29.5 Å². The van der Waals surface area contributed by atoms with Crippen LogP contribution in [0.15, 0.2) is 28.9 Å². The first-order chi connectivity index (χ1) is 9.08. The molecular weight excluding hydrogens is 308 g/mol. The van der Waals surface area contributed by atoms with E-state index in [-0.39, 0.29) is 17.7 Å². The zero-order valence-electron chi connectivity index (χ0n) is 10.4. The van der Waals surface area contributed by atoms with Gasteiger partial charge in [0.2, 0.25) is 11.8 Å². The number of rotatable bonds is 1. The van der Waals surface area contributed by atoms with E-state index in [4.69, 9.17) is 0 Å². The molecule has 19 heavy (non-hydrogen) atoms. The molecule has 1 fully saturated rings. The van der Waals surface area contributed by atoms with E-state index in [9.17, 15) is 9.59 Å². The molecule has 2 heterocycles. The standard InChI is InChI=1S/C14H13BrN2O2/c1-17-7-6-10-11(15)4-2-8(13(10)17)9-3-5-12(18)16-14(9)19/h2,4,6-7,9H,3,5H2,1H3,(H,16,18,19). The smallest absolute Gasteiger partial charge is 0.234 e. The minimum absolute atomic E-state index is 0.179. The lowest BCUT2D eigenvalue weighted by Crippen LogP contribution is -2.39. The average Bonchev–Trinajstić information content (AvgIpc) is 2.75. The topological polar surface area (TPSA) is 51.1 Å². The molecule has 1 aromatic heterocycles. The van der Waals surface area contributed by atoms with Crippen LogP contribution in [0.5, 0.6) is 0 Å². The van der Waals surface area contributed by atoms with Crippen molar-refractivity contribution >= 4 is 38.6 Å². The molecule has 1 saturated heterocycles. The van der Waals surface area contributed by atoms with Gasteiger partial charge in [0.25, 0.3) is 0 Å². The Kier molecular flexibility index (Phi) is 2.93. The highest BCUT2D eigenvalue weighted by Crippen LogP contribution is 2.34. The van der Waals surface area contributed by atoms with E-state index in [1.807, 2.05) is 36.0 Å². The van der Waals surface area contributed by atoms with Gasteiger partial charge in [-0.15, -0.1) is 0 Å². The van der Waals surface area contributed by atoms with Gasteiger partial charge in [-0.05, 0) is 24.1 Å². The molecule has 1 unspecified atom stereocenters. The Bertz CT molecular complexity index is 690. The molecule has 0 bridgehead atoms. The average molecular weight is 321 g/mol. The normalized spacial score (nSPS) is 19.8. The van der Waals surface area contributed by atoms with Crippen molar-refractivity contribution in [2.24, 2.45) is 7.05 Å². The molecule has 5 heteroatoms. The van der Waals surface area contributed by atoms with Crippen LogP contribution in [0.4, 0.5) is 0 Å². The molecule has 1 aliphatic rings. The van der Waals surface area contributed by atoms with Gasteiger partial charge in [0.05, 0.1) is 11.4 Å². The van der Waals surface area contributed by atoms with Gasteiger partial charge in [-0.3, -0.25) is 14.9 Å². The first-order valence-electron chi connectivity index (χ1n) is 6.15. The number of imide groups is 1. The molecule has 2 aromatic rings. The SMILES string of the molecule is Cn1ccc2c(Br)ccc(C3CCC(=O)NC3=O)c21. The summed E-state index contributed by atoms with van der Waals surface area (Å²) >= 11 is 3.53. The molecule has 98 valence electrons. The van der Waals surface area contributed by atoms with Crippen LogP contribution in [-0.2, 0) is 16.6 Å². The second kappa shape index (κ2) is 4.49. The molecule has 0 spiro atoms. The summed E-state index contributed by atoms with van der Waals surface area (Å²) in [7, 11) is 1.96. The van der Waals surface area contributed by atoms with E-state index in [1.165, 1.54) is 0 Å². The molecule has 0 radical (unpaired) electrons. The van der Waals surface area contributed by atoms with Crippen molar-refractivity contribution in [1.82, 2.24) is 9.88 Å². The van der Waals surface area contributed by atoms with Crippen molar-refractivity contribution < 1.29 is 9.59 Å². The van der Waals surface area contributed by atoms with Crippen molar-refractivity contribution in [2.45, 2.75) is 18.8 Å². The van der Waals surface area contributed by atoms with Crippen molar-refractivity contribution in [3.8, 4) is 0 Å². The molecule has 4 nitrogen and oxygen atoms in total. The molecule has 1 aliphatic heterocycles. The van der Waals surface area contributed by atoms with Gasteiger partial charge in [-0.1, -0.05) is 22.0 Å². The second-order valence-corrected chi connectivity index (χ2v) is 5.68. The molecule has 2 amide bonds. The van der Waals surface area contributed by atoms with Crippen LogP contribution in [0.25, 0.3) is 10.9 Å². The lowest BCUT2D eigenvalue weighted by Gasteiger charge is -2.22. The number of amides is 2. The lowest BCUT2D eigenvalue weighted by molar-refractivity contribution is -0.134. The predicted octanol–water partition coefficient (Wildman–Crippen LogP) is 2.46. The Morgan fingerprint density at radius 2 is 2.11 bits per heavy atom. The number of nitrogens with one attached hydrogen (secondary N) is 1. The van der Waals surface area contributed by atoms with E-state index < -0.39 is 0 Å². The molecule has 3 rings (SSSR count). The Morgan fingerprint density at radius 1 is 1.32 bits per heavy atom. The van der Waals surface area contributed by atoms with E-state index in [0.717, 1.165) is 20.9 Å². The van der Waals surface area contributed by atoms with Crippen LogP contribution in [0.3, 0.4) is 0 Å². The lowest BCUT2D eigenvalue weighted by atomic mass is 9.89. The number of carbonyl (C=O) groups excluding carboxylic acids is 2. The highest BCUT2D eigenvalue weighted by molar-refractivity contribution is 9.10. The van der Waals surface area contributed by atoms with E-state index >= 15 is 0 Å². The summed E-state index contributed by atoms with van der Waals surface area (Å²) < 4.78 is 3.03. The van der Waals surface area contributed by atoms with Crippen LogP contribution in [0.2, 0.25) is 0 Å². The van der Waals surface area contributed by atoms with Crippen LogP contribution >= 0.6 is 15.9 Å². The number of piperidine rings is 1. The Balaban J connectivity index is 2.15. The van der Waals surface area contributed by atoms with Crippen LogP contribution in [0.1, 0.15) is 24.3 Å². The molecule has 1 atom stereocenters. The van der Waals surface area contributed by atoms with E-state index in [2.05, 4.69) is 21.2 Å². The van der Waals surface area contributed by atoms with Gasteiger partial charge in [-0.2, -0.15) is 0 Å². The predicted molar refractivity (Wildman–Crippen MR) is 75.7 cm³/mol. The highest BCUT2D eigenvalue weighted by Gasteiger charge is 2.29. The summed E-state index contributed by atoms with van der Waals surface area (Å²) in [6, 6.07) is 5.95. The number of aryl methyl sites for hydroxylation is 1. The fourth-order valence-corrected chi connectivity index (χ4v) is 3.14. The largest absolute Gasteiger partial charge is 0.350 e. The van der Waals surface area contributed by atoms with Crippen molar-refractivity contribution in [3.63, 3.8) is 0 Å². The molecule has 1 aromatic carbocycles. The fourth-order valence-electron chi connectivity index (χ4n) is 2.68. The zero-order chi connectivity index (χ0) is 13.6. The van der Waals surface area contributed by atoms with Gasteiger partial charge >= 0.3 is 0 Å². The number of carbonyl (C=O) groups is 2. The summed E-state index contributed by atoms with van der Waals surface area (Å²) in [4.78, 5) is 23.3. The quantitative estimate of drug-likeness (QED) is 0.821. The third kappa shape index (κ3) is 1.98. The summed E-state index contributed by atoms with van der Waals surface area (Å²) in [5.41, 5.74) is 2.03. The first kappa shape index (κ1) is 12.4. The number of benzene rings is 1. The monoisotopic (exact) mass is 320 g/mol. The van der Waals surface area contributed by atoms with E-state index in [1.54, 1.807) is 0 Å². The highest BCUT2D eigenvalue weighted by atomic mass is 79.9. The minimum Gasteiger partial charge on any atom is -0.350 e. The van der Waals surface area contributed by atoms with Gasteiger partial charge in [0.1, 0.15) is 0 Å². The van der Waals surface area contributed by atoms with Gasteiger partial charge in [-0.25, -0.2) is 0 Å². The summed E-state index contributed by atoms with van der Waals surface area (Å²) in [6.07, 6.45) is 2.95. The third-order valence-electron chi connectivity index (χ3n) is 3.63. The maximum Gasteiger partial charge on any atom is 0.234 e. The minimum atomic E-state index is -0.248. The van der Waals surface area contributed by atoms with Crippen molar-refractivity contribution in [1.29, 1.82) is 0 Å². The van der Waals surface area contributed by atoms with Gasteiger partial charge in [0.15, 0.2) is 0 Å². The second-order valence-electron chi connectivity index (χ2n) is 4.83.